The van der Waals surface area contributed by atoms with Gasteiger partial charge in [0.15, 0.2) is 0 Å². The van der Waals surface area contributed by atoms with Gasteiger partial charge in [0.1, 0.15) is 5.69 Å². The number of amides is 1. The highest BCUT2D eigenvalue weighted by molar-refractivity contribution is 5.92. The van der Waals surface area contributed by atoms with Crippen molar-refractivity contribution in [2.24, 2.45) is 0 Å². The molecule has 5 nitrogen and oxygen atoms in total. The number of likely N-dealkylation sites (N-methyl/N-ethyl adjacent to an activating group) is 1. The lowest BCUT2D eigenvalue weighted by molar-refractivity contribution is 0.0698. The molecule has 17 heavy (non-hydrogen) atoms. The number of aliphatic hydroxyl groups excluding tert-OH is 1. The zero-order valence-corrected chi connectivity index (χ0v) is 10.5. The molecule has 1 heterocycles. The van der Waals surface area contributed by atoms with E-state index in [1.54, 1.807) is 26.2 Å². The van der Waals surface area contributed by atoms with Gasteiger partial charge in [-0.1, -0.05) is 0 Å². The summed E-state index contributed by atoms with van der Waals surface area (Å²) < 4.78 is 0. The maximum Gasteiger partial charge on any atom is 0.272 e. The normalized spacial score (nSPS) is 12.0. The lowest BCUT2D eigenvalue weighted by atomic mass is 10.3. The molecule has 0 aliphatic carbocycles. The van der Waals surface area contributed by atoms with E-state index in [2.05, 4.69) is 10.3 Å². The minimum atomic E-state index is -0.537. The molecular formula is C12H19N3O2. The summed E-state index contributed by atoms with van der Waals surface area (Å²) in [5.74, 6) is -0.186. The van der Waals surface area contributed by atoms with E-state index < -0.39 is 6.10 Å². The summed E-state index contributed by atoms with van der Waals surface area (Å²) in [5, 5.41) is 12.3. The molecule has 0 aliphatic heterocycles. The molecule has 1 amide bonds. The Balaban J connectivity index is 2.69. The second-order valence-corrected chi connectivity index (χ2v) is 4.00. The smallest absolute Gasteiger partial charge is 0.272 e. The van der Waals surface area contributed by atoms with E-state index in [9.17, 15) is 9.90 Å². The SMILES string of the molecule is CCNc1ccc(C(=O)N(C)CC(C)O)nc1. The molecule has 0 saturated heterocycles. The van der Waals surface area contributed by atoms with E-state index >= 15 is 0 Å². The monoisotopic (exact) mass is 237 g/mol. The fraction of sp³-hybridized carbons (Fsp3) is 0.500. The Kier molecular flexibility index (Phi) is 4.90. The molecule has 0 radical (unpaired) electrons. The van der Waals surface area contributed by atoms with Gasteiger partial charge in [0.2, 0.25) is 0 Å². The largest absolute Gasteiger partial charge is 0.392 e. The average molecular weight is 237 g/mol. The molecule has 94 valence electrons. The van der Waals surface area contributed by atoms with Gasteiger partial charge in [-0.15, -0.1) is 0 Å². The molecule has 0 spiro atoms. The first-order valence-electron chi connectivity index (χ1n) is 5.68. The van der Waals surface area contributed by atoms with E-state index in [0.717, 1.165) is 12.2 Å². The Morgan fingerprint density at radius 2 is 2.29 bits per heavy atom. The molecule has 1 unspecified atom stereocenters. The number of carbonyl (C=O) groups is 1. The van der Waals surface area contributed by atoms with Crippen LogP contribution in [0.3, 0.4) is 0 Å². The van der Waals surface area contributed by atoms with Crippen LogP contribution < -0.4 is 5.32 Å². The molecule has 1 atom stereocenters. The number of carbonyl (C=O) groups excluding carboxylic acids is 1. The summed E-state index contributed by atoms with van der Waals surface area (Å²) in [5.41, 5.74) is 1.28. The van der Waals surface area contributed by atoms with Gasteiger partial charge in [0.25, 0.3) is 5.91 Å². The van der Waals surface area contributed by atoms with Crippen LogP contribution in [0.25, 0.3) is 0 Å². The topological polar surface area (TPSA) is 65.5 Å². The standard InChI is InChI=1S/C12H19N3O2/c1-4-13-10-5-6-11(14-7-10)12(17)15(3)8-9(2)16/h5-7,9,13,16H,4,8H2,1-3H3. The van der Waals surface area contributed by atoms with Crippen molar-refractivity contribution in [2.45, 2.75) is 20.0 Å². The predicted octanol–water partition coefficient (Wildman–Crippen LogP) is 0.966. The summed E-state index contributed by atoms with van der Waals surface area (Å²) in [4.78, 5) is 17.4. The maximum absolute atomic E-state index is 11.9. The number of anilines is 1. The van der Waals surface area contributed by atoms with Crippen LogP contribution in [0.2, 0.25) is 0 Å². The van der Waals surface area contributed by atoms with E-state index in [0.29, 0.717) is 12.2 Å². The van der Waals surface area contributed by atoms with Gasteiger partial charge in [-0.3, -0.25) is 4.79 Å². The van der Waals surface area contributed by atoms with Gasteiger partial charge in [-0.05, 0) is 26.0 Å². The third-order valence-electron chi connectivity index (χ3n) is 2.25. The number of aromatic nitrogens is 1. The fourth-order valence-corrected chi connectivity index (χ4v) is 1.50. The van der Waals surface area contributed by atoms with Gasteiger partial charge >= 0.3 is 0 Å². The third-order valence-corrected chi connectivity index (χ3v) is 2.25. The van der Waals surface area contributed by atoms with Gasteiger partial charge < -0.3 is 15.3 Å². The van der Waals surface area contributed by atoms with Crippen molar-refractivity contribution in [3.63, 3.8) is 0 Å². The van der Waals surface area contributed by atoms with Crippen molar-refractivity contribution >= 4 is 11.6 Å². The number of nitrogens with zero attached hydrogens (tertiary/aromatic N) is 2. The number of hydrogen-bond acceptors (Lipinski definition) is 4. The first kappa shape index (κ1) is 13.4. The molecule has 0 saturated carbocycles. The Labute approximate surface area is 101 Å². The number of nitrogens with one attached hydrogen (secondary N) is 1. The van der Waals surface area contributed by atoms with Crippen LogP contribution in [-0.4, -0.2) is 47.1 Å². The quantitative estimate of drug-likeness (QED) is 0.800. The molecule has 1 aromatic rings. The van der Waals surface area contributed by atoms with Crippen molar-refractivity contribution in [1.82, 2.24) is 9.88 Å². The van der Waals surface area contributed by atoms with E-state index in [4.69, 9.17) is 0 Å². The van der Waals surface area contributed by atoms with Crippen LogP contribution in [0.5, 0.6) is 0 Å². The molecule has 2 N–H and O–H groups in total. The first-order chi connectivity index (χ1) is 8.04. The van der Waals surface area contributed by atoms with Crippen LogP contribution in [0, 0.1) is 0 Å². The Morgan fingerprint density at radius 1 is 1.59 bits per heavy atom. The van der Waals surface area contributed by atoms with Crippen molar-refractivity contribution in [2.75, 3.05) is 25.5 Å². The molecule has 0 aromatic carbocycles. The van der Waals surface area contributed by atoms with E-state index in [1.807, 2.05) is 13.0 Å². The summed E-state index contributed by atoms with van der Waals surface area (Å²) in [7, 11) is 1.65. The number of hydrogen-bond donors (Lipinski definition) is 2. The Hall–Kier alpha value is -1.62. The number of rotatable bonds is 5. The zero-order chi connectivity index (χ0) is 12.8. The second kappa shape index (κ2) is 6.20. The van der Waals surface area contributed by atoms with Crippen LogP contribution >= 0.6 is 0 Å². The van der Waals surface area contributed by atoms with Crippen molar-refractivity contribution in [1.29, 1.82) is 0 Å². The minimum absolute atomic E-state index is 0.186. The molecule has 1 rings (SSSR count). The zero-order valence-electron chi connectivity index (χ0n) is 10.5. The van der Waals surface area contributed by atoms with E-state index in [-0.39, 0.29) is 5.91 Å². The maximum atomic E-state index is 11.9. The molecular weight excluding hydrogens is 218 g/mol. The average Bonchev–Trinajstić information content (AvgIpc) is 2.28. The number of aliphatic hydroxyl groups is 1. The van der Waals surface area contributed by atoms with Gasteiger partial charge in [-0.25, -0.2) is 4.98 Å². The van der Waals surface area contributed by atoms with Crippen molar-refractivity contribution < 1.29 is 9.90 Å². The second-order valence-electron chi connectivity index (χ2n) is 4.00. The van der Waals surface area contributed by atoms with Crippen molar-refractivity contribution in [3.8, 4) is 0 Å². The molecule has 0 aliphatic rings. The lowest BCUT2D eigenvalue weighted by Crippen LogP contribution is -2.33. The summed E-state index contributed by atoms with van der Waals surface area (Å²) in [6.45, 7) is 4.76. The minimum Gasteiger partial charge on any atom is -0.392 e. The van der Waals surface area contributed by atoms with Crippen LogP contribution in [0.4, 0.5) is 5.69 Å². The van der Waals surface area contributed by atoms with Gasteiger partial charge in [-0.2, -0.15) is 0 Å². The summed E-state index contributed by atoms with van der Waals surface area (Å²) in [6.07, 6.45) is 1.09. The van der Waals surface area contributed by atoms with Crippen LogP contribution in [-0.2, 0) is 0 Å². The first-order valence-corrected chi connectivity index (χ1v) is 5.68. The Bertz CT molecular complexity index is 363. The highest BCUT2D eigenvalue weighted by Gasteiger charge is 2.14. The molecule has 0 fully saturated rings. The highest BCUT2D eigenvalue weighted by atomic mass is 16.3. The van der Waals surface area contributed by atoms with Crippen molar-refractivity contribution in [3.05, 3.63) is 24.0 Å². The molecule has 0 bridgehead atoms. The summed E-state index contributed by atoms with van der Waals surface area (Å²) in [6, 6.07) is 3.50. The van der Waals surface area contributed by atoms with Gasteiger partial charge in [0.05, 0.1) is 18.0 Å². The van der Waals surface area contributed by atoms with Gasteiger partial charge in [0, 0.05) is 20.1 Å². The lowest BCUT2D eigenvalue weighted by Gasteiger charge is -2.18. The predicted molar refractivity (Wildman–Crippen MR) is 67.0 cm³/mol. The Morgan fingerprint density at radius 3 is 2.76 bits per heavy atom. The van der Waals surface area contributed by atoms with Crippen LogP contribution in [0.15, 0.2) is 18.3 Å². The molecule has 1 aromatic heterocycles. The van der Waals surface area contributed by atoms with E-state index in [1.165, 1.54) is 4.90 Å². The fourth-order valence-electron chi connectivity index (χ4n) is 1.50. The highest BCUT2D eigenvalue weighted by Crippen LogP contribution is 2.07. The number of pyridine rings is 1. The van der Waals surface area contributed by atoms with Crippen LogP contribution in [0.1, 0.15) is 24.3 Å². The molecule has 5 heteroatoms. The summed E-state index contributed by atoms with van der Waals surface area (Å²) >= 11 is 0. The third kappa shape index (κ3) is 4.03.